The summed E-state index contributed by atoms with van der Waals surface area (Å²) in [5.74, 6) is -0.471. The van der Waals surface area contributed by atoms with Crippen LogP contribution in [-0.2, 0) is 7.05 Å². The van der Waals surface area contributed by atoms with Gasteiger partial charge in [0.25, 0.3) is 5.82 Å². The number of halogens is 2. The summed E-state index contributed by atoms with van der Waals surface area (Å²) >= 11 is 0. The lowest BCUT2D eigenvalue weighted by atomic mass is 10.00. The number of fused-ring (bicyclic) bond motifs is 1. The van der Waals surface area contributed by atoms with E-state index >= 15 is 0 Å². The lowest BCUT2D eigenvalue weighted by Gasteiger charge is -2.47. The van der Waals surface area contributed by atoms with Crippen LogP contribution in [0.3, 0.4) is 0 Å². The van der Waals surface area contributed by atoms with Gasteiger partial charge in [0.1, 0.15) is 11.6 Å². The van der Waals surface area contributed by atoms with Gasteiger partial charge in [0.05, 0.1) is 5.52 Å². The fourth-order valence-electron chi connectivity index (χ4n) is 4.47. The smallest absolute Gasteiger partial charge is 0.350 e. The first-order chi connectivity index (χ1) is 15.2. The van der Waals surface area contributed by atoms with Gasteiger partial charge < -0.3 is 9.74 Å². The molecule has 3 heterocycles. The molecule has 0 amide bonds. The average Bonchev–Trinajstić information content (AvgIpc) is 2.77. The molecule has 7 nitrogen and oxygen atoms in total. The normalized spacial score (nSPS) is 20.3. The molecule has 1 aromatic carbocycles. The van der Waals surface area contributed by atoms with Crippen LogP contribution in [-0.4, -0.2) is 44.6 Å². The summed E-state index contributed by atoms with van der Waals surface area (Å²) < 4.78 is 29.2. The van der Waals surface area contributed by atoms with E-state index in [0.29, 0.717) is 35.5 Å². The fourth-order valence-corrected chi connectivity index (χ4v) is 4.47. The van der Waals surface area contributed by atoms with Gasteiger partial charge in [0.15, 0.2) is 5.82 Å². The monoisotopic (exact) mass is 438 g/mol. The number of aromatic nitrogens is 3. The Kier molecular flexibility index (Phi) is 5.65. The highest BCUT2D eigenvalue weighted by Gasteiger charge is 2.35. The minimum atomic E-state index is -0.598. The number of rotatable bonds is 3. The molecule has 0 bridgehead atoms. The van der Waals surface area contributed by atoms with Gasteiger partial charge in [-0.1, -0.05) is 12.6 Å². The third-order valence-electron chi connectivity index (χ3n) is 6.25. The molecule has 166 valence electrons. The number of pyridine rings is 1. The Hall–Kier alpha value is -3.38. The molecule has 32 heavy (non-hydrogen) atoms. The van der Waals surface area contributed by atoms with E-state index in [1.807, 2.05) is 25.7 Å². The Morgan fingerprint density at radius 3 is 2.56 bits per heavy atom. The van der Waals surface area contributed by atoms with Gasteiger partial charge in [-0.15, -0.1) is 4.98 Å². The molecule has 9 heteroatoms. The molecule has 1 aliphatic rings. The largest absolute Gasteiger partial charge is 0.361 e. The Morgan fingerprint density at radius 1 is 1.12 bits per heavy atom. The quantitative estimate of drug-likeness (QED) is 0.582. The summed E-state index contributed by atoms with van der Waals surface area (Å²) in [6.45, 7) is 14.3. The van der Waals surface area contributed by atoms with Gasteiger partial charge in [-0.3, -0.25) is 9.47 Å². The lowest BCUT2D eigenvalue weighted by Crippen LogP contribution is -2.57. The number of anilines is 1. The van der Waals surface area contributed by atoms with E-state index in [0.717, 1.165) is 6.07 Å². The molecular weight excluding hydrogens is 414 g/mol. The zero-order valence-electron chi connectivity index (χ0n) is 18.4. The van der Waals surface area contributed by atoms with Gasteiger partial charge >= 0.3 is 5.69 Å². The van der Waals surface area contributed by atoms with Crippen molar-refractivity contribution in [3.05, 3.63) is 69.4 Å². The minimum absolute atomic E-state index is 0.00407. The van der Waals surface area contributed by atoms with Crippen LogP contribution in [0, 0.1) is 18.2 Å². The van der Waals surface area contributed by atoms with Crippen molar-refractivity contribution in [3.63, 3.8) is 0 Å². The average molecular weight is 438 g/mol. The van der Waals surface area contributed by atoms with E-state index in [-0.39, 0.29) is 23.9 Å². The van der Waals surface area contributed by atoms with Gasteiger partial charge in [0.2, 0.25) is 5.52 Å². The van der Waals surface area contributed by atoms with Crippen LogP contribution in [0.5, 0.6) is 0 Å². The molecule has 3 atom stereocenters. The molecule has 1 aliphatic heterocycles. The van der Waals surface area contributed by atoms with Crippen molar-refractivity contribution in [2.75, 3.05) is 18.0 Å². The van der Waals surface area contributed by atoms with Crippen molar-refractivity contribution >= 4 is 22.7 Å². The maximum absolute atomic E-state index is 14.4. The molecule has 4 rings (SSSR count). The number of piperazine rings is 1. The molecule has 0 saturated carbocycles. The van der Waals surface area contributed by atoms with E-state index in [4.69, 9.17) is 6.57 Å². The van der Waals surface area contributed by atoms with Crippen molar-refractivity contribution in [1.29, 1.82) is 0 Å². The number of benzene rings is 1. The molecule has 1 unspecified atom stereocenters. The summed E-state index contributed by atoms with van der Waals surface area (Å²) in [4.78, 5) is 28.8. The van der Waals surface area contributed by atoms with Crippen molar-refractivity contribution in [2.24, 2.45) is 7.05 Å². The fraction of sp³-hybridized carbons (Fsp3) is 0.391. The molecule has 0 aliphatic carbocycles. The van der Waals surface area contributed by atoms with Crippen LogP contribution < -0.4 is 10.6 Å². The molecule has 2 aromatic heterocycles. The summed E-state index contributed by atoms with van der Waals surface area (Å²) in [6, 6.07) is 6.66. The van der Waals surface area contributed by atoms with Crippen molar-refractivity contribution in [1.82, 2.24) is 19.4 Å². The second-order valence-electron chi connectivity index (χ2n) is 8.31. The summed E-state index contributed by atoms with van der Waals surface area (Å²) in [5, 5.41) is 0. The summed E-state index contributed by atoms with van der Waals surface area (Å²) in [6.07, 6.45) is 0. The van der Waals surface area contributed by atoms with E-state index < -0.39 is 17.3 Å². The second kappa shape index (κ2) is 8.28. The Labute approximate surface area is 184 Å². The number of hydrogen-bond acceptors (Lipinski definition) is 5. The minimum Gasteiger partial charge on any atom is -0.361 e. The van der Waals surface area contributed by atoms with E-state index in [1.165, 1.54) is 16.7 Å². The number of hydrogen-bond donors (Lipinski definition) is 0. The first kappa shape index (κ1) is 21.8. The molecule has 0 spiro atoms. The highest BCUT2D eigenvalue weighted by Crippen LogP contribution is 2.32. The highest BCUT2D eigenvalue weighted by molar-refractivity contribution is 5.87. The van der Waals surface area contributed by atoms with Crippen molar-refractivity contribution in [2.45, 2.75) is 38.9 Å². The Morgan fingerprint density at radius 2 is 1.88 bits per heavy atom. The van der Waals surface area contributed by atoms with E-state index in [2.05, 4.69) is 19.7 Å². The van der Waals surface area contributed by atoms with Crippen LogP contribution in [0.25, 0.3) is 15.9 Å². The maximum atomic E-state index is 14.4. The zero-order chi connectivity index (χ0) is 23.2. The molecule has 3 aromatic rings. The maximum Gasteiger partial charge on any atom is 0.350 e. The molecular formula is C23H24F2N6O. The predicted octanol–water partition coefficient (Wildman–Crippen LogP) is 3.82. The highest BCUT2D eigenvalue weighted by atomic mass is 19.1. The Bertz CT molecular complexity index is 1280. The van der Waals surface area contributed by atoms with Crippen LogP contribution >= 0.6 is 0 Å². The first-order valence-electron chi connectivity index (χ1n) is 10.4. The van der Waals surface area contributed by atoms with Crippen LogP contribution in [0.15, 0.2) is 35.1 Å². The van der Waals surface area contributed by atoms with Gasteiger partial charge in [-0.25, -0.2) is 13.6 Å². The van der Waals surface area contributed by atoms with Crippen LogP contribution in [0.1, 0.15) is 32.4 Å². The number of aryl methyl sites for hydroxylation is 1. The second-order valence-corrected chi connectivity index (χ2v) is 8.31. The van der Waals surface area contributed by atoms with E-state index in [9.17, 15) is 13.6 Å². The van der Waals surface area contributed by atoms with Crippen LogP contribution in [0.2, 0.25) is 0 Å². The third kappa shape index (κ3) is 3.71. The van der Waals surface area contributed by atoms with Crippen molar-refractivity contribution in [3.8, 4) is 0 Å². The summed E-state index contributed by atoms with van der Waals surface area (Å²) in [5.41, 5.74) is 1.16. The molecule has 0 radical (unpaired) electrons. The third-order valence-corrected chi connectivity index (χ3v) is 6.25. The van der Waals surface area contributed by atoms with Gasteiger partial charge in [-0.2, -0.15) is 4.98 Å². The predicted molar refractivity (Wildman–Crippen MR) is 119 cm³/mol. The van der Waals surface area contributed by atoms with Crippen molar-refractivity contribution < 1.29 is 8.78 Å². The molecule has 1 saturated heterocycles. The van der Waals surface area contributed by atoms with Gasteiger partial charge in [0, 0.05) is 49.9 Å². The SMILES string of the molecule is [C-]#[N+]c1ccc2c(n1)c(N1C[C@@H](C)N(C(C)c3ccc(F)cc3F)C[C@@H]1C)nc(=O)n2C. The molecule has 0 N–H and O–H groups in total. The van der Waals surface area contributed by atoms with E-state index in [1.54, 1.807) is 19.2 Å². The van der Waals surface area contributed by atoms with Gasteiger partial charge in [-0.05, 0) is 39.0 Å². The first-order valence-corrected chi connectivity index (χ1v) is 10.4. The molecule has 1 fully saturated rings. The standard InChI is InChI=1S/C23H24F2N6O/c1-13-12-31(14(2)11-30(13)15(3)17-7-6-16(24)10-18(17)25)22-21-19(29(5)23(32)28-22)8-9-20(26-4)27-21/h6-10,13-15H,11-12H2,1-3,5H3/t13-,14+,15?/m1/s1. The summed E-state index contributed by atoms with van der Waals surface area (Å²) in [7, 11) is 1.63. The topological polar surface area (TPSA) is 58.6 Å². The lowest BCUT2D eigenvalue weighted by molar-refractivity contribution is 0.117. The zero-order valence-corrected chi connectivity index (χ0v) is 18.4. The number of nitrogens with zero attached hydrogens (tertiary/aromatic N) is 6. The Balaban J connectivity index is 1.70. The van der Waals surface area contributed by atoms with Crippen LogP contribution in [0.4, 0.5) is 20.4 Å².